The maximum absolute atomic E-state index is 11.7. The molecule has 20 heavy (non-hydrogen) atoms. The van der Waals surface area contributed by atoms with Crippen LogP contribution in [0.5, 0.6) is 0 Å². The topological polar surface area (TPSA) is 54.0 Å². The molecule has 0 spiro atoms. The highest BCUT2D eigenvalue weighted by molar-refractivity contribution is 5.80. The molecule has 0 aliphatic rings. The zero-order chi connectivity index (χ0) is 14.4. The Hall–Kier alpha value is -2.36. The molecule has 0 radical (unpaired) electrons. The molecule has 2 N–H and O–H groups in total. The van der Waals surface area contributed by atoms with Crippen LogP contribution in [0.15, 0.2) is 42.7 Å². The molecule has 1 amide bonds. The van der Waals surface area contributed by atoms with Gasteiger partial charge in [0.25, 0.3) is 0 Å². The number of hydrogen-bond acceptors (Lipinski definition) is 3. The molecule has 1 aromatic heterocycles. The first kappa shape index (κ1) is 14.1. The van der Waals surface area contributed by atoms with E-state index in [4.69, 9.17) is 0 Å². The van der Waals surface area contributed by atoms with Crippen LogP contribution in [0, 0.1) is 13.8 Å². The lowest BCUT2D eigenvalue weighted by Crippen LogP contribution is -2.29. The number of aromatic nitrogens is 1. The Morgan fingerprint density at radius 1 is 1.20 bits per heavy atom. The maximum Gasteiger partial charge on any atom is 0.239 e. The van der Waals surface area contributed by atoms with Gasteiger partial charge in [-0.05, 0) is 48.7 Å². The maximum atomic E-state index is 11.7. The van der Waals surface area contributed by atoms with Crippen LogP contribution >= 0.6 is 0 Å². The first-order chi connectivity index (χ1) is 9.65. The van der Waals surface area contributed by atoms with Gasteiger partial charge in [-0.2, -0.15) is 0 Å². The molecule has 0 aliphatic carbocycles. The summed E-state index contributed by atoms with van der Waals surface area (Å²) < 4.78 is 0. The van der Waals surface area contributed by atoms with Gasteiger partial charge in [0, 0.05) is 24.6 Å². The average molecular weight is 269 g/mol. The SMILES string of the molecule is Cc1ccc(NCC(=O)NCc2cccnc2)cc1C. The van der Waals surface area contributed by atoms with Crippen molar-refractivity contribution in [3.8, 4) is 0 Å². The third-order valence-electron chi connectivity index (χ3n) is 3.17. The molecule has 0 saturated heterocycles. The first-order valence-corrected chi connectivity index (χ1v) is 6.62. The van der Waals surface area contributed by atoms with Crippen molar-refractivity contribution in [1.29, 1.82) is 0 Å². The number of rotatable bonds is 5. The molecule has 2 rings (SSSR count). The van der Waals surface area contributed by atoms with Crippen LogP contribution in [0.1, 0.15) is 16.7 Å². The number of nitrogens with one attached hydrogen (secondary N) is 2. The minimum atomic E-state index is -0.0351. The summed E-state index contributed by atoms with van der Waals surface area (Å²) in [6.07, 6.45) is 3.46. The van der Waals surface area contributed by atoms with Crippen molar-refractivity contribution in [2.45, 2.75) is 20.4 Å². The van der Waals surface area contributed by atoms with Crippen molar-refractivity contribution < 1.29 is 4.79 Å². The van der Waals surface area contributed by atoms with Crippen molar-refractivity contribution in [1.82, 2.24) is 10.3 Å². The van der Waals surface area contributed by atoms with Crippen LogP contribution in [0.4, 0.5) is 5.69 Å². The molecule has 2 aromatic rings. The highest BCUT2D eigenvalue weighted by Crippen LogP contribution is 2.13. The van der Waals surface area contributed by atoms with Gasteiger partial charge in [0.15, 0.2) is 0 Å². The van der Waals surface area contributed by atoms with Crippen LogP contribution in [-0.4, -0.2) is 17.4 Å². The molecule has 0 atom stereocenters. The molecule has 1 aromatic carbocycles. The van der Waals surface area contributed by atoms with Gasteiger partial charge in [-0.1, -0.05) is 12.1 Å². The predicted octanol–water partition coefficient (Wildman–Crippen LogP) is 2.43. The van der Waals surface area contributed by atoms with Crippen LogP contribution in [0.3, 0.4) is 0 Å². The second-order valence-electron chi connectivity index (χ2n) is 4.79. The van der Waals surface area contributed by atoms with Gasteiger partial charge in [-0.25, -0.2) is 0 Å². The largest absolute Gasteiger partial charge is 0.376 e. The average Bonchev–Trinajstić information content (AvgIpc) is 2.47. The number of pyridine rings is 1. The van der Waals surface area contributed by atoms with Crippen molar-refractivity contribution in [2.75, 3.05) is 11.9 Å². The molecule has 0 fully saturated rings. The summed E-state index contributed by atoms with van der Waals surface area (Å²) in [6, 6.07) is 9.87. The highest BCUT2D eigenvalue weighted by atomic mass is 16.1. The van der Waals surface area contributed by atoms with E-state index in [2.05, 4.69) is 29.5 Å². The lowest BCUT2D eigenvalue weighted by atomic mass is 10.1. The standard InChI is InChI=1S/C16H19N3O/c1-12-5-6-15(8-13(12)2)18-11-16(20)19-10-14-4-3-7-17-9-14/h3-9,18H,10-11H2,1-2H3,(H,19,20). The van der Waals surface area contributed by atoms with Crippen LogP contribution in [0.25, 0.3) is 0 Å². The Morgan fingerprint density at radius 2 is 2.05 bits per heavy atom. The minimum Gasteiger partial charge on any atom is -0.376 e. The number of carbonyl (C=O) groups is 1. The van der Waals surface area contributed by atoms with E-state index in [0.717, 1.165) is 11.3 Å². The molecular weight excluding hydrogens is 250 g/mol. The van der Waals surface area contributed by atoms with Crippen molar-refractivity contribution in [2.24, 2.45) is 0 Å². The Kier molecular flexibility index (Phi) is 4.71. The van der Waals surface area contributed by atoms with Gasteiger partial charge in [-0.3, -0.25) is 9.78 Å². The lowest BCUT2D eigenvalue weighted by Gasteiger charge is -2.09. The minimum absolute atomic E-state index is 0.0351. The molecule has 1 heterocycles. The zero-order valence-corrected chi connectivity index (χ0v) is 11.8. The molecule has 0 saturated carbocycles. The molecule has 0 unspecified atom stereocenters. The molecule has 0 aliphatic heterocycles. The molecular formula is C16H19N3O. The number of nitrogens with zero attached hydrogens (tertiary/aromatic N) is 1. The highest BCUT2D eigenvalue weighted by Gasteiger charge is 2.02. The second kappa shape index (κ2) is 6.70. The molecule has 4 nitrogen and oxygen atoms in total. The van der Waals surface area contributed by atoms with E-state index in [1.54, 1.807) is 12.4 Å². The van der Waals surface area contributed by atoms with Gasteiger partial charge < -0.3 is 10.6 Å². The Balaban J connectivity index is 1.79. The normalized spacial score (nSPS) is 10.1. The van der Waals surface area contributed by atoms with E-state index >= 15 is 0 Å². The van der Waals surface area contributed by atoms with Gasteiger partial charge in [0.05, 0.1) is 6.54 Å². The lowest BCUT2D eigenvalue weighted by molar-refractivity contribution is -0.119. The molecule has 0 bridgehead atoms. The van der Waals surface area contributed by atoms with Gasteiger partial charge in [-0.15, -0.1) is 0 Å². The summed E-state index contributed by atoms with van der Waals surface area (Å²) >= 11 is 0. The quantitative estimate of drug-likeness (QED) is 0.876. The van der Waals surface area contributed by atoms with E-state index < -0.39 is 0 Å². The van der Waals surface area contributed by atoms with Gasteiger partial charge in [0.1, 0.15) is 0 Å². The summed E-state index contributed by atoms with van der Waals surface area (Å²) in [4.78, 5) is 15.8. The number of aryl methyl sites for hydroxylation is 2. The van der Waals surface area contributed by atoms with Gasteiger partial charge >= 0.3 is 0 Å². The Morgan fingerprint density at radius 3 is 2.75 bits per heavy atom. The van der Waals surface area contributed by atoms with Crippen molar-refractivity contribution in [3.05, 3.63) is 59.4 Å². The Bertz CT molecular complexity index is 582. The smallest absolute Gasteiger partial charge is 0.239 e. The summed E-state index contributed by atoms with van der Waals surface area (Å²) in [5, 5.41) is 5.97. The van der Waals surface area contributed by atoms with E-state index in [1.807, 2.05) is 30.3 Å². The molecule has 4 heteroatoms. The third kappa shape index (κ3) is 4.09. The van der Waals surface area contributed by atoms with E-state index in [9.17, 15) is 4.79 Å². The summed E-state index contributed by atoms with van der Waals surface area (Å²) in [5.41, 5.74) is 4.42. The van der Waals surface area contributed by atoms with Crippen molar-refractivity contribution >= 4 is 11.6 Å². The van der Waals surface area contributed by atoms with Crippen LogP contribution < -0.4 is 10.6 Å². The summed E-state index contributed by atoms with van der Waals surface area (Å²) in [7, 11) is 0. The summed E-state index contributed by atoms with van der Waals surface area (Å²) in [6.45, 7) is 4.90. The predicted molar refractivity (Wildman–Crippen MR) is 80.5 cm³/mol. The molecule has 104 valence electrons. The fourth-order valence-corrected chi connectivity index (χ4v) is 1.80. The van der Waals surface area contributed by atoms with Gasteiger partial charge in [0.2, 0.25) is 5.91 Å². The second-order valence-corrected chi connectivity index (χ2v) is 4.79. The monoisotopic (exact) mass is 269 g/mol. The van der Waals surface area contributed by atoms with Crippen molar-refractivity contribution in [3.63, 3.8) is 0 Å². The first-order valence-electron chi connectivity index (χ1n) is 6.62. The van der Waals surface area contributed by atoms with Crippen LogP contribution in [-0.2, 0) is 11.3 Å². The fraction of sp³-hybridized carbons (Fsp3) is 0.250. The van der Waals surface area contributed by atoms with E-state index in [0.29, 0.717) is 6.54 Å². The number of hydrogen-bond donors (Lipinski definition) is 2. The zero-order valence-electron chi connectivity index (χ0n) is 11.8. The Labute approximate surface area is 119 Å². The summed E-state index contributed by atoms with van der Waals surface area (Å²) in [5.74, 6) is -0.0351. The third-order valence-corrected chi connectivity index (χ3v) is 3.17. The number of amides is 1. The number of carbonyl (C=O) groups excluding carboxylic acids is 1. The number of anilines is 1. The number of benzene rings is 1. The van der Waals surface area contributed by atoms with E-state index in [1.165, 1.54) is 11.1 Å². The van der Waals surface area contributed by atoms with Crippen LogP contribution in [0.2, 0.25) is 0 Å². The fourth-order valence-electron chi connectivity index (χ4n) is 1.80. The van der Waals surface area contributed by atoms with E-state index in [-0.39, 0.29) is 12.5 Å².